The van der Waals surface area contributed by atoms with E-state index in [1.807, 2.05) is 0 Å². The van der Waals surface area contributed by atoms with Crippen LogP contribution in [0.4, 0.5) is 4.39 Å². The summed E-state index contributed by atoms with van der Waals surface area (Å²) in [6.07, 6.45) is 0. The molecule has 0 atom stereocenters. The molecule has 19 heavy (non-hydrogen) atoms. The van der Waals surface area contributed by atoms with Crippen molar-refractivity contribution in [2.75, 3.05) is 7.11 Å². The van der Waals surface area contributed by atoms with E-state index < -0.39 is 11.8 Å². The molecule has 0 heterocycles. The second-order valence-corrected chi connectivity index (χ2v) is 4.60. The van der Waals surface area contributed by atoms with Gasteiger partial charge in [0.25, 0.3) is 0 Å². The van der Waals surface area contributed by atoms with Crippen molar-refractivity contribution in [3.8, 4) is 11.5 Å². The lowest BCUT2D eigenvalue weighted by molar-refractivity contribution is 0.0729. The van der Waals surface area contributed by atoms with Gasteiger partial charge in [-0.05, 0) is 42.5 Å². The van der Waals surface area contributed by atoms with Crippen LogP contribution < -0.4 is 9.47 Å². The molecule has 0 aromatic heterocycles. The summed E-state index contributed by atoms with van der Waals surface area (Å²) in [5, 5.41) is 0. The highest BCUT2D eigenvalue weighted by atomic mass is 79.9. The van der Waals surface area contributed by atoms with Crippen LogP contribution in [0.15, 0.2) is 46.9 Å². The number of rotatable bonds is 3. The van der Waals surface area contributed by atoms with Gasteiger partial charge in [-0.2, -0.15) is 0 Å². The van der Waals surface area contributed by atoms with Crippen LogP contribution in [-0.2, 0) is 0 Å². The molecule has 5 heteroatoms. The molecule has 2 aromatic carbocycles. The molecule has 0 amide bonds. The predicted octanol–water partition coefficient (Wildman–Crippen LogP) is 3.82. The molecule has 2 aromatic rings. The Bertz CT molecular complexity index is 596. The van der Waals surface area contributed by atoms with Crippen LogP contribution in [0.2, 0.25) is 0 Å². The van der Waals surface area contributed by atoms with Crippen LogP contribution in [0.3, 0.4) is 0 Å². The zero-order valence-electron chi connectivity index (χ0n) is 10.0. The first-order valence-corrected chi connectivity index (χ1v) is 6.21. The molecule has 0 radical (unpaired) electrons. The molecule has 0 aliphatic heterocycles. The molecule has 0 N–H and O–H groups in total. The second-order valence-electron chi connectivity index (χ2n) is 3.69. The van der Waals surface area contributed by atoms with Crippen molar-refractivity contribution in [2.45, 2.75) is 0 Å². The Morgan fingerprint density at radius 2 is 1.74 bits per heavy atom. The largest absolute Gasteiger partial charge is 0.497 e. The Balaban J connectivity index is 2.18. The van der Waals surface area contributed by atoms with E-state index in [0.717, 1.165) is 0 Å². The summed E-state index contributed by atoms with van der Waals surface area (Å²) in [6.45, 7) is 0. The first-order chi connectivity index (χ1) is 9.10. The summed E-state index contributed by atoms with van der Waals surface area (Å²) in [5.41, 5.74) is -0.120. The number of hydrogen-bond donors (Lipinski definition) is 0. The van der Waals surface area contributed by atoms with E-state index in [4.69, 9.17) is 9.47 Å². The van der Waals surface area contributed by atoms with Crippen molar-refractivity contribution in [1.82, 2.24) is 0 Å². The standard InChI is InChI=1S/C14H10BrFO3/c1-18-10-3-5-11(6-4-10)19-14(17)12-8-9(15)2-7-13(12)16/h2-8H,1H3. The van der Waals surface area contributed by atoms with Crippen molar-refractivity contribution in [3.63, 3.8) is 0 Å². The van der Waals surface area contributed by atoms with Gasteiger partial charge < -0.3 is 9.47 Å². The highest BCUT2D eigenvalue weighted by Crippen LogP contribution is 2.20. The summed E-state index contributed by atoms with van der Waals surface area (Å²) in [7, 11) is 1.54. The maximum absolute atomic E-state index is 13.5. The monoisotopic (exact) mass is 324 g/mol. The zero-order valence-corrected chi connectivity index (χ0v) is 11.6. The average Bonchev–Trinajstić information content (AvgIpc) is 2.42. The van der Waals surface area contributed by atoms with Gasteiger partial charge in [0.15, 0.2) is 0 Å². The van der Waals surface area contributed by atoms with Crippen LogP contribution in [0.25, 0.3) is 0 Å². The molecule has 0 unspecified atom stereocenters. The third-order valence-corrected chi connectivity index (χ3v) is 2.91. The Morgan fingerprint density at radius 3 is 2.37 bits per heavy atom. The lowest BCUT2D eigenvalue weighted by Crippen LogP contribution is -2.10. The van der Waals surface area contributed by atoms with Crippen molar-refractivity contribution >= 4 is 21.9 Å². The smallest absolute Gasteiger partial charge is 0.346 e. The van der Waals surface area contributed by atoms with E-state index in [1.165, 1.54) is 25.3 Å². The number of halogens is 2. The quantitative estimate of drug-likeness (QED) is 0.636. The SMILES string of the molecule is COc1ccc(OC(=O)c2cc(Br)ccc2F)cc1. The number of methoxy groups -OCH3 is 1. The van der Waals surface area contributed by atoms with Crippen LogP contribution in [0, 0.1) is 5.82 Å². The average molecular weight is 325 g/mol. The summed E-state index contributed by atoms with van der Waals surface area (Å²) < 4.78 is 24.2. The summed E-state index contributed by atoms with van der Waals surface area (Å²) in [6, 6.07) is 10.5. The molecular formula is C14H10BrFO3. The maximum atomic E-state index is 13.5. The number of hydrogen-bond acceptors (Lipinski definition) is 3. The molecule has 2 rings (SSSR count). The molecule has 0 aliphatic carbocycles. The molecule has 0 saturated heterocycles. The van der Waals surface area contributed by atoms with Gasteiger partial charge in [0.05, 0.1) is 12.7 Å². The van der Waals surface area contributed by atoms with Crippen LogP contribution >= 0.6 is 15.9 Å². The van der Waals surface area contributed by atoms with Crippen molar-refractivity contribution in [3.05, 3.63) is 58.3 Å². The fourth-order valence-electron chi connectivity index (χ4n) is 1.46. The van der Waals surface area contributed by atoms with Crippen LogP contribution in [0.1, 0.15) is 10.4 Å². The molecule has 0 aliphatic rings. The summed E-state index contributed by atoms with van der Waals surface area (Å²) in [4.78, 5) is 11.8. The third-order valence-electron chi connectivity index (χ3n) is 2.42. The molecule has 0 saturated carbocycles. The number of carbonyl (C=O) groups excluding carboxylic acids is 1. The highest BCUT2D eigenvalue weighted by Gasteiger charge is 2.14. The van der Waals surface area contributed by atoms with Crippen molar-refractivity contribution < 1.29 is 18.7 Å². The Hall–Kier alpha value is -1.88. The highest BCUT2D eigenvalue weighted by molar-refractivity contribution is 9.10. The van der Waals surface area contributed by atoms with Gasteiger partial charge in [-0.15, -0.1) is 0 Å². The minimum Gasteiger partial charge on any atom is -0.497 e. The minimum atomic E-state index is -0.746. The normalized spacial score (nSPS) is 10.1. The van der Waals surface area contributed by atoms with Gasteiger partial charge in [-0.25, -0.2) is 9.18 Å². The van der Waals surface area contributed by atoms with E-state index in [-0.39, 0.29) is 5.56 Å². The fraction of sp³-hybridized carbons (Fsp3) is 0.0714. The Labute approximate surface area is 118 Å². The zero-order chi connectivity index (χ0) is 13.8. The fourth-order valence-corrected chi connectivity index (χ4v) is 1.82. The molecule has 0 fully saturated rings. The Kier molecular flexibility index (Phi) is 4.16. The van der Waals surface area contributed by atoms with E-state index in [9.17, 15) is 9.18 Å². The summed E-state index contributed by atoms with van der Waals surface area (Å²) in [5.74, 6) is -0.399. The molecule has 0 bridgehead atoms. The number of benzene rings is 2. The maximum Gasteiger partial charge on any atom is 0.346 e. The number of carbonyl (C=O) groups is 1. The van der Waals surface area contributed by atoms with Gasteiger partial charge in [-0.1, -0.05) is 15.9 Å². The van der Waals surface area contributed by atoms with Crippen molar-refractivity contribution in [1.29, 1.82) is 0 Å². The van der Waals surface area contributed by atoms with Gasteiger partial charge in [0, 0.05) is 4.47 Å². The van der Waals surface area contributed by atoms with E-state index in [1.54, 1.807) is 24.3 Å². The predicted molar refractivity (Wildman–Crippen MR) is 72.1 cm³/mol. The molecule has 3 nitrogen and oxygen atoms in total. The van der Waals surface area contributed by atoms with E-state index in [2.05, 4.69) is 15.9 Å². The van der Waals surface area contributed by atoms with E-state index >= 15 is 0 Å². The minimum absolute atomic E-state index is 0.120. The molecule has 98 valence electrons. The molecule has 0 spiro atoms. The second kappa shape index (κ2) is 5.84. The topological polar surface area (TPSA) is 35.5 Å². The lowest BCUT2D eigenvalue weighted by Gasteiger charge is -2.06. The first kappa shape index (κ1) is 13.5. The molecular weight excluding hydrogens is 315 g/mol. The van der Waals surface area contributed by atoms with Gasteiger partial charge in [0.1, 0.15) is 17.3 Å². The lowest BCUT2D eigenvalue weighted by atomic mass is 10.2. The van der Waals surface area contributed by atoms with Crippen LogP contribution in [-0.4, -0.2) is 13.1 Å². The first-order valence-electron chi connectivity index (χ1n) is 5.41. The number of ether oxygens (including phenoxy) is 2. The third kappa shape index (κ3) is 3.32. The van der Waals surface area contributed by atoms with Gasteiger partial charge in [-0.3, -0.25) is 0 Å². The Morgan fingerprint density at radius 1 is 1.11 bits per heavy atom. The van der Waals surface area contributed by atoms with E-state index in [0.29, 0.717) is 16.0 Å². The number of esters is 1. The van der Waals surface area contributed by atoms with Crippen LogP contribution in [0.5, 0.6) is 11.5 Å². The van der Waals surface area contributed by atoms with Gasteiger partial charge >= 0.3 is 5.97 Å². The van der Waals surface area contributed by atoms with Crippen molar-refractivity contribution in [2.24, 2.45) is 0 Å². The summed E-state index contributed by atoms with van der Waals surface area (Å²) >= 11 is 3.18. The van der Waals surface area contributed by atoms with Gasteiger partial charge in [0.2, 0.25) is 0 Å².